The summed E-state index contributed by atoms with van der Waals surface area (Å²) in [5.74, 6) is -0.295. The van der Waals surface area contributed by atoms with Crippen molar-refractivity contribution >= 4 is 44.8 Å². The summed E-state index contributed by atoms with van der Waals surface area (Å²) in [5.41, 5.74) is 0. The van der Waals surface area contributed by atoms with E-state index >= 15 is 0 Å². The van der Waals surface area contributed by atoms with Crippen LogP contribution in [-0.2, 0) is 11.3 Å². The second-order valence-corrected chi connectivity index (χ2v) is 8.42. The first-order valence-electron chi connectivity index (χ1n) is 6.94. The van der Waals surface area contributed by atoms with Gasteiger partial charge in [-0.25, -0.2) is 0 Å². The first kappa shape index (κ1) is 14.8. The second-order valence-electron chi connectivity index (χ2n) is 5.83. The summed E-state index contributed by atoms with van der Waals surface area (Å²) in [6.45, 7) is 0.950. The topological polar surface area (TPSA) is 40.5 Å². The summed E-state index contributed by atoms with van der Waals surface area (Å²) < 4.78 is 1.79. The Balaban J connectivity index is 1.66. The van der Waals surface area contributed by atoms with E-state index in [1.807, 2.05) is 0 Å². The number of carbonyl (C=O) groups is 1. The molecule has 2 bridgehead atoms. The van der Waals surface area contributed by atoms with Crippen LogP contribution in [0.25, 0.3) is 0 Å². The molecule has 2 aliphatic heterocycles. The smallest absolute Gasteiger partial charge is 0.303 e. The molecule has 2 atom stereocenters. The maximum Gasteiger partial charge on any atom is 0.303 e. The monoisotopic (exact) mass is 377 g/mol. The Morgan fingerprint density at radius 2 is 2.10 bits per heavy atom. The number of carboxylic acid groups (broad SMARTS) is 1. The van der Waals surface area contributed by atoms with Gasteiger partial charge in [-0.15, -0.1) is 11.3 Å². The van der Waals surface area contributed by atoms with Gasteiger partial charge in [-0.05, 0) is 53.6 Å². The number of aliphatic carboxylic acids is 1. The van der Waals surface area contributed by atoms with E-state index in [0.717, 1.165) is 28.2 Å². The normalized spacial score (nSPS) is 29.8. The summed E-state index contributed by atoms with van der Waals surface area (Å²) in [5, 5.41) is 8.96. The van der Waals surface area contributed by atoms with E-state index < -0.39 is 5.97 Å². The Labute approximate surface area is 136 Å². The molecule has 1 aromatic rings. The van der Waals surface area contributed by atoms with E-state index in [2.05, 4.69) is 26.9 Å². The molecule has 2 aliphatic rings. The maximum atomic E-state index is 10.9. The van der Waals surface area contributed by atoms with E-state index in [0.29, 0.717) is 24.4 Å². The van der Waals surface area contributed by atoms with Crippen LogP contribution in [0.3, 0.4) is 0 Å². The molecule has 3 rings (SSSR count). The number of hydrogen-bond donors (Lipinski definition) is 1. The molecule has 0 aromatic carbocycles. The fourth-order valence-electron chi connectivity index (χ4n) is 3.71. The van der Waals surface area contributed by atoms with Crippen molar-refractivity contribution < 1.29 is 9.90 Å². The highest BCUT2D eigenvalue weighted by Gasteiger charge is 2.41. The number of hydrogen-bond acceptors (Lipinski definition) is 3. The van der Waals surface area contributed by atoms with Crippen molar-refractivity contribution in [3.63, 3.8) is 0 Å². The van der Waals surface area contributed by atoms with Crippen molar-refractivity contribution in [3.8, 4) is 0 Å². The third-order valence-corrected chi connectivity index (χ3v) is 6.94. The average molecular weight is 379 g/mol. The Morgan fingerprint density at radius 3 is 2.60 bits per heavy atom. The first-order chi connectivity index (χ1) is 9.52. The van der Waals surface area contributed by atoms with E-state index in [1.165, 1.54) is 17.7 Å². The zero-order chi connectivity index (χ0) is 14.3. The average Bonchev–Trinajstić information content (AvgIpc) is 2.79. The van der Waals surface area contributed by atoms with Crippen molar-refractivity contribution in [2.24, 2.45) is 5.92 Å². The number of piperidine rings is 1. The number of carboxylic acids is 1. The molecule has 2 unspecified atom stereocenters. The highest BCUT2D eigenvalue weighted by Crippen LogP contribution is 2.42. The van der Waals surface area contributed by atoms with E-state index in [-0.39, 0.29) is 0 Å². The molecule has 20 heavy (non-hydrogen) atoms. The lowest BCUT2D eigenvalue weighted by molar-refractivity contribution is -0.138. The van der Waals surface area contributed by atoms with Gasteiger partial charge in [0.2, 0.25) is 0 Å². The van der Waals surface area contributed by atoms with Crippen LogP contribution in [0.4, 0.5) is 0 Å². The third-order valence-electron chi connectivity index (χ3n) is 4.48. The zero-order valence-corrected chi connectivity index (χ0v) is 14.2. The standard InChI is InChI=1S/C14H17BrClNO2S/c15-12-6-11(20-14(12)16)7-17-9-1-2-10(17)4-8(3-9)5-13(18)19/h6,8-10H,1-5,7H2,(H,18,19). The van der Waals surface area contributed by atoms with Gasteiger partial charge in [0, 0.05) is 34.4 Å². The summed E-state index contributed by atoms with van der Waals surface area (Å²) in [7, 11) is 0. The molecule has 0 saturated carbocycles. The Morgan fingerprint density at radius 1 is 1.45 bits per heavy atom. The van der Waals surface area contributed by atoms with Gasteiger partial charge < -0.3 is 5.11 Å². The summed E-state index contributed by atoms with van der Waals surface area (Å²) >= 11 is 11.2. The van der Waals surface area contributed by atoms with Crippen LogP contribution < -0.4 is 0 Å². The fourth-order valence-corrected chi connectivity index (χ4v) is 5.51. The fraction of sp³-hybridized carbons (Fsp3) is 0.643. The molecule has 0 aliphatic carbocycles. The highest BCUT2D eigenvalue weighted by molar-refractivity contribution is 9.10. The predicted octanol–water partition coefficient (Wildman–Crippen LogP) is 4.38. The molecule has 6 heteroatoms. The molecular weight excluding hydrogens is 362 g/mol. The zero-order valence-electron chi connectivity index (χ0n) is 11.0. The van der Waals surface area contributed by atoms with Crippen LogP contribution >= 0.6 is 38.9 Å². The SMILES string of the molecule is O=C(O)CC1CC2CCC(C1)N2Cc1cc(Br)c(Cl)s1. The minimum Gasteiger partial charge on any atom is -0.481 e. The summed E-state index contributed by atoms with van der Waals surface area (Å²) in [4.78, 5) is 14.7. The van der Waals surface area contributed by atoms with Crippen LogP contribution in [0, 0.1) is 5.92 Å². The van der Waals surface area contributed by atoms with Crippen LogP contribution in [0.5, 0.6) is 0 Å². The van der Waals surface area contributed by atoms with Crippen LogP contribution in [-0.4, -0.2) is 28.1 Å². The lowest BCUT2D eigenvalue weighted by Gasteiger charge is -2.38. The van der Waals surface area contributed by atoms with Gasteiger partial charge in [-0.3, -0.25) is 9.69 Å². The minimum atomic E-state index is -0.656. The molecule has 0 radical (unpaired) electrons. The Kier molecular flexibility index (Phi) is 4.41. The molecule has 0 amide bonds. The lowest BCUT2D eigenvalue weighted by atomic mass is 9.88. The Bertz CT molecular complexity index is 488. The van der Waals surface area contributed by atoms with Gasteiger partial charge >= 0.3 is 5.97 Å². The number of rotatable bonds is 4. The highest BCUT2D eigenvalue weighted by atomic mass is 79.9. The van der Waals surface area contributed by atoms with Crippen molar-refractivity contribution in [3.05, 3.63) is 19.8 Å². The number of nitrogens with zero attached hydrogens (tertiary/aromatic N) is 1. The molecule has 0 spiro atoms. The molecule has 110 valence electrons. The molecule has 1 aromatic heterocycles. The third kappa shape index (κ3) is 3.06. The summed E-state index contributed by atoms with van der Waals surface area (Å²) in [6.07, 6.45) is 4.81. The van der Waals surface area contributed by atoms with Gasteiger partial charge in [0.25, 0.3) is 0 Å². The second kappa shape index (κ2) is 5.95. The predicted molar refractivity (Wildman–Crippen MR) is 84.4 cm³/mol. The molecule has 2 fully saturated rings. The number of halogens is 2. The molecular formula is C14H17BrClNO2S. The van der Waals surface area contributed by atoms with Crippen LogP contribution in [0.15, 0.2) is 10.5 Å². The number of thiophene rings is 1. The molecule has 3 heterocycles. The van der Waals surface area contributed by atoms with Crippen LogP contribution in [0.1, 0.15) is 37.0 Å². The van der Waals surface area contributed by atoms with Crippen molar-refractivity contribution in [1.82, 2.24) is 4.90 Å². The van der Waals surface area contributed by atoms with Crippen molar-refractivity contribution in [2.45, 2.75) is 50.7 Å². The molecule has 2 saturated heterocycles. The lowest BCUT2D eigenvalue weighted by Crippen LogP contribution is -2.42. The van der Waals surface area contributed by atoms with E-state index in [9.17, 15) is 4.79 Å². The van der Waals surface area contributed by atoms with Gasteiger partial charge in [0.1, 0.15) is 4.34 Å². The largest absolute Gasteiger partial charge is 0.481 e. The molecule has 1 N–H and O–H groups in total. The molecule has 3 nitrogen and oxygen atoms in total. The first-order valence-corrected chi connectivity index (χ1v) is 8.93. The quantitative estimate of drug-likeness (QED) is 0.845. The van der Waals surface area contributed by atoms with Gasteiger partial charge in [0.05, 0.1) is 0 Å². The maximum absolute atomic E-state index is 10.9. The van der Waals surface area contributed by atoms with Crippen molar-refractivity contribution in [1.29, 1.82) is 0 Å². The summed E-state index contributed by atoms with van der Waals surface area (Å²) in [6, 6.07) is 3.21. The Hall–Kier alpha value is -0.100. The minimum absolute atomic E-state index is 0.331. The van der Waals surface area contributed by atoms with E-state index in [4.69, 9.17) is 16.7 Å². The van der Waals surface area contributed by atoms with Crippen molar-refractivity contribution in [2.75, 3.05) is 0 Å². The van der Waals surface area contributed by atoms with Gasteiger partial charge in [-0.2, -0.15) is 0 Å². The number of fused-ring (bicyclic) bond motifs is 2. The van der Waals surface area contributed by atoms with Gasteiger partial charge in [-0.1, -0.05) is 11.6 Å². The van der Waals surface area contributed by atoms with Crippen LogP contribution in [0.2, 0.25) is 4.34 Å². The van der Waals surface area contributed by atoms with E-state index in [1.54, 1.807) is 11.3 Å². The van der Waals surface area contributed by atoms with Gasteiger partial charge in [0.15, 0.2) is 0 Å².